The maximum atomic E-state index is 12.7. The highest BCUT2D eigenvalue weighted by atomic mass is 32.2. The number of imidazole rings is 1. The summed E-state index contributed by atoms with van der Waals surface area (Å²) in [5.74, 6) is 1.55. The summed E-state index contributed by atoms with van der Waals surface area (Å²) in [4.78, 5) is 38.2. The highest BCUT2D eigenvalue weighted by Crippen LogP contribution is 2.26. The normalized spacial score (nSPS) is 18.4. The number of piperidine rings is 2. The Kier molecular flexibility index (Phi) is 9.38. The molecule has 0 bridgehead atoms. The molecule has 9 nitrogen and oxygen atoms in total. The molecule has 0 spiro atoms. The van der Waals surface area contributed by atoms with E-state index < -0.39 is 6.09 Å². The minimum Gasteiger partial charge on any atom is -0.391 e. The van der Waals surface area contributed by atoms with Crippen molar-refractivity contribution in [2.45, 2.75) is 56.8 Å². The van der Waals surface area contributed by atoms with Crippen LogP contribution in [0.15, 0.2) is 60.1 Å². The SMILES string of the molecule is CC1CCCCN1Cc1ccc(C(=O)Nc2ccc(OC(=O)N3CCC(CSc4nccn4C)CC3)nc2)cc1. The first-order valence-corrected chi connectivity index (χ1v) is 15.1. The van der Waals surface area contributed by atoms with Gasteiger partial charge in [-0.1, -0.05) is 30.3 Å². The second-order valence-corrected chi connectivity index (χ2v) is 11.8. The number of aromatic nitrogens is 3. The Morgan fingerprint density at radius 2 is 1.82 bits per heavy atom. The van der Waals surface area contributed by atoms with Crippen LogP contribution in [-0.4, -0.2) is 67.8 Å². The third-order valence-corrected chi connectivity index (χ3v) is 9.12. The topological polar surface area (TPSA) is 92.6 Å². The zero-order valence-electron chi connectivity index (χ0n) is 23.3. The fraction of sp³-hybridized carbons (Fsp3) is 0.467. The van der Waals surface area contributed by atoms with Gasteiger partial charge in [0.25, 0.3) is 5.91 Å². The molecule has 0 saturated carbocycles. The summed E-state index contributed by atoms with van der Waals surface area (Å²) in [5.41, 5.74) is 2.35. The molecule has 2 fully saturated rings. The number of benzene rings is 1. The zero-order valence-corrected chi connectivity index (χ0v) is 24.1. The van der Waals surface area contributed by atoms with Crippen molar-refractivity contribution < 1.29 is 14.3 Å². The zero-order chi connectivity index (χ0) is 27.9. The number of anilines is 1. The predicted molar refractivity (Wildman–Crippen MR) is 157 cm³/mol. The molecule has 2 aromatic heterocycles. The quantitative estimate of drug-likeness (QED) is 0.365. The van der Waals surface area contributed by atoms with Crippen molar-refractivity contribution >= 4 is 29.4 Å². The van der Waals surface area contributed by atoms with Crippen LogP contribution in [0.2, 0.25) is 0 Å². The van der Waals surface area contributed by atoms with Crippen molar-refractivity contribution in [3.05, 3.63) is 66.1 Å². The summed E-state index contributed by atoms with van der Waals surface area (Å²) >= 11 is 1.76. The second kappa shape index (κ2) is 13.3. The van der Waals surface area contributed by atoms with Gasteiger partial charge in [0.15, 0.2) is 5.16 Å². The number of carbonyl (C=O) groups is 2. The fourth-order valence-electron chi connectivity index (χ4n) is 5.23. The molecule has 3 aromatic rings. The van der Waals surface area contributed by atoms with Crippen molar-refractivity contribution in [2.75, 3.05) is 30.7 Å². The van der Waals surface area contributed by atoms with E-state index in [1.165, 1.54) is 31.0 Å². The van der Waals surface area contributed by atoms with E-state index in [1.807, 2.05) is 48.3 Å². The number of ether oxygens (including phenoxy) is 1. The van der Waals surface area contributed by atoms with Crippen LogP contribution in [-0.2, 0) is 13.6 Å². The van der Waals surface area contributed by atoms with E-state index in [4.69, 9.17) is 4.74 Å². The molecule has 1 unspecified atom stereocenters. The summed E-state index contributed by atoms with van der Waals surface area (Å²) < 4.78 is 7.52. The first kappa shape index (κ1) is 28.2. The number of aryl methyl sites for hydroxylation is 1. The van der Waals surface area contributed by atoms with Gasteiger partial charge < -0.3 is 19.5 Å². The summed E-state index contributed by atoms with van der Waals surface area (Å²) in [6.07, 6.45) is 10.6. The molecule has 5 rings (SSSR count). The minimum absolute atomic E-state index is 0.201. The molecule has 2 amide bonds. The van der Waals surface area contributed by atoms with Gasteiger partial charge in [0.05, 0.1) is 11.9 Å². The number of thioether (sulfide) groups is 1. The third kappa shape index (κ3) is 7.42. The Bertz CT molecular complexity index is 1270. The molecule has 2 saturated heterocycles. The molecule has 212 valence electrons. The maximum Gasteiger partial charge on any atom is 0.416 e. The highest BCUT2D eigenvalue weighted by molar-refractivity contribution is 7.99. The van der Waals surface area contributed by atoms with Crippen LogP contribution in [0, 0.1) is 5.92 Å². The van der Waals surface area contributed by atoms with Gasteiger partial charge >= 0.3 is 6.09 Å². The van der Waals surface area contributed by atoms with E-state index in [1.54, 1.807) is 28.8 Å². The first-order chi connectivity index (χ1) is 19.4. The second-order valence-electron chi connectivity index (χ2n) is 10.8. The summed E-state index contributed by atoms with van der Waals surface area (Å²) in [6, 6.07) is 11.7. The fourth-order valence-corrected chi connectivity index (χ4v) is 6.34. The average molecular weight is 563 g/mol. The molecule has 0 radical (unpaired) electrons. The lowest BCUT2D eigenvalue weighted by atomic mass is 9.99. The lowest BCUT2D eigenvalue weighted by molar-refractivity contribution is 0.102. The Hall–Kier alpha value is -3.37. The molecule has 2 aliphatic heterocycles. The Balaban J connectivity index is 1.05. The number of amides is 2. The van der Waals surface area contributed by atoms with E-state index in [0.29, 0.717) is 36.3 Å². The summed E-state index contributed by atoms with van der Waals surface area (Å²) in [7, 11) is 2.00. The van der Waals surface area contributed by atoms with Crippen molar-refractivity contribution in [3.63, 3.8) is 0 Å². The van der Waals surface area contributed by atoms with Gasteiger partial charge in [0.2, 0.25) is 5.88 Å². The van der Waals surface area contributed by atoms with Crippen molar-refractivity contribution in [2.24, 2.45) is 13.0 Å². The van der Waals surface area contributed by atoms with Gasteiger partial charge in [-0.05, 0) is 68.8 Å². The predicted octanol–water partition coefficient (Wildman–Crippen LogP) is 5.44. The molecule has 1 aromatic carbocycles. The number of hydrogen-bond donors (Lipinski definition) is 1. The van der Waals surface area contributed by atoms with E-state index in [2.05, 4.69) is 27.1 Å². The average Bonchev–Trinajstić information content (AvgIpc) is 3.39. The van der Waals surface area contributed by atoms with Crippen LogP contribution in [0.5, 0.6) is 5.88 Å². The van der Waals surface area contributed by atoms with Gasteiger partial charge in [-0.25, -0.2) is 14.8 Å². The molecule has 1 N–H and O–H groups in total. The number of nitrogens with one attached hydrogen (secondary N) is 1. The van der Waals surface area contributed by atoms with Gasteiger partial charge in [-0.2, -0.15) is 0 Å². The lowest BCUT2D eigenvalue weighted by Gasteiger charge is -2.33. The number of rotatable bonds is 8. The molecule has 4 heterocycles. The van der Waals surface area contributed by atoms with Crippen LogP contribution in [0.1, 0.15) is 54.9 Å². The lowest BCUT2D eigenvalue weighted by Crippen LogP contribution is -2.40. The van der Waals surface area contributed by atoms with Gasteiger partial charge in [0.1, 0.15) is 0 Å². The molecule has 10 heteroatoms. The third-order valence-electron chi connectivity index (χ3n) is 7.83. The number of hydrogen-bond acceptors (Lipinski definition) is 7. The number of nitrogens with zero attached hydrogens (tertiary/aromatic N) is 5. The minimum atomic E-state index is -0.390. The van der Waals surface area contributed by atoms with Crippen molar-refractivity contribution in [3.8, 4) is 5.88 Å². The van der Waals surface area contributed by atoms with Crippen molar-refractivity contribution in [1.82, 2.24) is 24.3 Å². The van der Waals surface area contributed by atoms with E-state index in [-0.39, 0.29) is 11.8 Å². The summed E-state index contributed by atoms with van der Waals surface area (Å²) in [5, 5.41) is 3.89. The highest BCUT2D eigenvalue weighted by Gasteiger charge is 2.25. The molecule has 1 atom stereocenters. The standard InChI is InChI=1S/C30H38N6O3S/c1-22-5-3-4-15-36(22)20-23-6-8-25(9-7-23)28(37)33-26-10-11-27(32-19-26)39-30(38)35-16-12-24(13-17-35)21-40-29-31-14-18-34(29)2/h6-11,14,18-19,22,24H,3-5,12-13,15-17,20-21H2,1-2H3,(H,33,37). The molecular formula is C30H38N6O3S. The van der Waals surface area contributed by atoms with Gasteiger partial charge in [-0.15, -0.1) is 0 Å². The van der Waals surface area contributed by atoms with E-state index in [0.717, 1.165) is 36.8 Å². The van der Waals surface area contributed by atoms with Gasteiger partial charge in [-0.3, -0.25) is 9.69 Å². The van der Waals surface area contributed by atoms with Crippen molar-refractivity contribution in [1.29, 1.82) is 0 Å². The van der Waals surface area contributed by atoms with Crippen LogP contribution in [0.25, 0.3) is 0 Å². The Labute approximate surface area is 240 Å². The molecule has 0 aliphatic carbocycles. The monoisotopic (exact) mass is 562 g/mol. The Morgan fingerprint density at radius 3 is 2.50 bits per heavy atom. The van der Waals surface area contributed by atoms with Crippen LogP contribution < -0.4 is 10.1 Å². The number of likely N-dealkylation sites (tertiary alicyclic amines) is 2. The number of carbonyl (C=O) groups excluding carboxylic acids is 2. The molecule has 40 heavy (non-hydrogen) atoms. The van der Waals surface area contributed by atoms with Gasteiger partial charge in [0, 0.05) is 62.5 Å². The van der Waals surface area contributed by atoms with Crippen LogP contribution in [0.3, 0.4) is 0 Å². The largest absolute Gasteiger partial charge is 0.416 e. The summed E-state index contributed by atoms with van der Waals surface area (Å²) in [6.45, 7) is 5.65. The van der Waals surface area contributed by atoms with E-state index >= 15 is 0 Å². The van der Waals surface area contributed by atoms with Crippen LogP contribution >= 0.6 is 11.8 Å². The van der Waals surface area contributed by atoms with Crippen LogP contribution in [0.4, 0.5) is 10.5 Å². The van der Waals surface area contributed by atoms with E-state index in [9.17, 15) is 9.59 Å². The number of pyridine rings is 1. The first-order valence-electron chi connectivity index (χ1n) is 14.1. The smallest absolute Gasteiger partial charge is 0.391 e. The Morgan fingerprint density at radius 1 is 1.02 bits per heavy atom. The molecule has 2 aliphatic rings. The molecular weight excluding hydrogens is 524 g/mol. The maximum absolute atomic E-state index is 12.7.